The van der Waals surface area contributed by atoms with Crippen LogP contribution in [-0.4, -0.2) is 33.1 Å². The zero-order valence-electron chi connectivity index (χ0n) is 12.3. The summed E-state index contributed by atoms with van der Waals surface area (Å²) in [5.41, 5.74) is 0.430. The fourth-order valence-corrected chi connectivity index (χ4v) is 4.37. The largest absolute Gasteiger partial charge is 0.464 e. The molecule has 3 heterocycles. The maximum absolute atomic E-state index is 11.5. The number of primary sulfonamides is 1. The van der Waals surface area contributed by atoms with Crippen LogP contribution in [0.3, 0.4) is 0 Å². The minimum atomic E-state index is -3.73. The number of ether oxygens (including phenoxy) is 1. The lowest BCUT2D eigenvalue weighted by molar-refractivity contribution is 0.0252. The standard InChI is InChI=1S/C13H17N3O4S2/c1-8-3-4-10(20-8)11-7-16(5-6-19-11)13-15-9(2)12(21-13)22(14,17)18/h3-4,11H,5-7H2,1-2H3,(H2,14,17,18)/t11-/m1/s1. The highest BCUT2D eigenvalue weighted by atomic mass is 32.2. The van der Waals surface area contributed by atoms with Gasteiger partial charge in [0, 0.05) is 6.54 Å². The second kappa shape index (κ2) is 5.65. The first-order valence-electron chi connectivity index (χ1n) is 6.77. The molecule has 0 amide bonds. The van der Waals surface area contributed by atoms with Crippen LogP contribution in [0, 0.1) is 13.8 Å². The van der Waals surface area contributed by atoms with Crippen LogP contribution < -0.4 is 10.0 Å². The van der Waals surface area contributed by atoms with Gasteiger partial charge < -0.3 is 14.1 Å². The molecule has 120 valence electrons. The zero-order valence-corrected chi connectivity index (χ0v) is 13.9. The number of morpholine rings is 1. The van der Waals surface area contributed by atoms with E-state index in [9.17, 15) is 8.42 Å². The normalized spacial score (nSPS) is 19.6. The first kappa shape index (κ1) is 15.5. The average Bonchev–Trinajstić information content (AvgIpc) is 3.04. The number of rotatable bonds is 3. The topological polar surface area (TPSA) is 98.7 Å². The Morgan fingerprint density at radius 3 is 2.77 bits per heavy atom. The van der Waals surface area contributed by atoms with Gasteiger partial charge in [0.15, 0.2) is 9.34 Å². The van der Waals surface area contributed by atoms with Crippen LogP contribution >= 0.6 is 11.3 Å². The van der Waals surface area contributed by atoms with E-state index >= 15 is 0 Å². The van der Waals surface area contributed by atoms with Gasteiger partial charge in [0.2, 0.25) is 10.0 Å². The summed E-state index contributed by atoms with van der Waals surface area (Å²) in [6, 6.07) is 3.79. The van der Waals surface area contributed by atoms with Gasteiger partial charge in [0.1, 0.15) is 17.6 Å². The molecule has 0 aliphatic carbocycles. The molecule has 0 spiro atoms. The van der Waals surface area contributed by atoms with E-state index in [-0.39, 0.29) is 10.3 Å². The Balaban J connectivity index is 1.83. The molecule has 0 unspecified atom stereocenters. The van der Waals surface area contributed by atoms with Gasteiger partial charge in [-0.3, -0.25) is 0 Å². The van der Waals surface area contributed by atoms with Crippen molar-refractivity contribution in [1.29, 1.82) is 0 Å². The lowest BCUT2D eigenvalue weighted by Gasteiger charge is -2.31. The van der Waals surface area contributed by atoms with E-state index in [4.69, 9.17) is 14.3 Å². The smallest absolute Gasteiger partial charge is 0.249 e. The molecule has 0 saturated carbocycles. The van der Waals surface area contributed by atoms with Gasteiger partial charge >= 0.3 is 0 Å². The van der Waals surface area contributed by atoms with Gasteiger partial charge in [-0.05, 0) is 26.0 Å². The summed E-state index contributed by atoms with van der Waals surface area (Å²) in [7, 11) is -3.73. The maximum atomic E-state index is 11.5. The number of furan rings is 1. The number of anilines is 1. The third-order valence-electron chi connectivity index (χ3n) is 3.42. The maximum Gasteiger partial charge on any atom is 0.249 e. The van der Waals surface area contributed by atoms with Crippen molar-refractivity contribution in [2.75, 3.05) is 24.6 Å². The highest BCUT2D eigenvalue weighted by molar-refractivity contribution is 7.91. The van der Waals surface area contributed by atoms with Crippen molar-refractivity contribution in [3.63, 3.8) is 0 Å². The zero-order chi connectivity index (χ0) is 15.9. The summed E-state index contributed by atoms with van der Waals surface area (Å²) in [4.78, 5) is 6.33. The van der Waals surface area contributed by atoms with Crippen molar-refractivity contribution < 1.29 is 17.6 Å². The average molecular weight is 343 g/mol. The van der Waals surface area contributed by atoms with Gasteiger partial charge in [0.25, 0.3) is 0 Å². The summed E-state index contributed by atoms with van der Waals surface area (Å²) in [6.07, 6.45) is -0.190. The summed E-state index contributed by atoms with van der Waals surface area (Å²) in [5, 5.41) is 5.84. The van der Waals surface area contributed by atoms with Gasteiger partial charge in [-0.15, -0.1) is 0 Å². The van der Waals surface area contributed by atoms with E-state index in [1.807, 2.05) is 24.0 Å². The van der Waals surface area contributed by atoms with Crippen molar-refractivity contribution in [2.24, 2.45) is 5.14 Å². The van der Waals surface area contributed by atoms with E-state index in [2.05, 4.69) is 4.98 Å². The molecule has 0 aromatic carbocycles. The predicted molar refractivity (Wildman–Crippen MR) is 82.6 cm³/mol. The number of hydrogen-bond acceptors (Lipinski definition) is 7. The number of thiazole rings is 1. The molecule has 0 radical (unpaired) electrons. The molecule has 2 aromatic rings. The van der Waals surface area contributed by atoms with E-state index in [1.54, 1.807) is 6.92 Å². The van der Waals surface area contributed by atoms with Gasteiger partial charge in [-0.2, -0.15) is 0 Å². The molecular formula is C13H17N3O4S2. The van der Waals surface area contributed by atoms with Crippen molar-refractivity contribution in [3.05, 3.63) is 29.3 Å². The molecule has 3 rings (SSSR count). The van der Waals surface area contributed by atoms with Gasteiger partial charge in [-0.1, -0.05) is 11.3 Å². The molecule has 1 fully saturated rings. The Morgan fingerprint density at radius 1 is 1.41 bits per heavy atom. The third-order valence-corrected chi connectivity index (χ3v) is 6.19. The molecule has 0 bridgehead atoms. The van der Waals surface area contributed by atoms with Crippen LogP contribution in [-0.2, 0) is 14.8 Å². The molecular weight excluding hydrogens is 326 g/mol. The molecule has 2 N–H and O–H groups in total. The number of nitrogens with two attached hydrogens (primary N) is 1. The van der Waals surface area contributed by atoms with E-state index in [0.29, 0.717) is 30.5 Å². The number of aromatic nitrogens is 1. The minimum absolute atomic E-state index is 0.111. The molecule has 1 aliphatic rings. The summed E-state index contributed by atoms with van der Waals surface area (Å²) < 4.78 is 34.5. The van der Waals surface area contributed by atoms with Crippen LogP contribution in [0.4, 0.5) is 5.13 Å². The number of aryl methyl sites for hydroxylation is 2. The lowest BCUT2D eigenvalue weighted by Crippen LogP contribution is -2.38. The van der Waals surface area contributed by atoms with E-state index < -0.39 is 10.0 Å². The van der Waals surface area contributed by atoms with Crippen molar-refractivity contribution in [2.45, 2.75) is 24.2 Å². The SMILES string of the molecule is Cc1ccc([C@H]2CN(c3nc(C)c(S(N)(=O)=O)s3)CCO2)o1. The first-order chi connectivity index (χ1) is 10.3. The van der Waals surface area contributed by atoms with Gasteiger partial charge in [-0.25, -0.2) is 18.5 Å². The molecule has 9 heteroatoms. The van der Waals surface area contributed by atoms with Crippen LogP contribution in [0.2, 0.25) is 0 Å². The Morgan fingerprint density at radius 2 is 2.18 bits per heavy atom. The molecule has 7 nitrogen and oxygen atoms in total. The summed E-state index contributed by atoms with van der Waals surface area (Å²) >= 11 is 1.09. The van der Waals surface area contributed by atoms with Crippen molar-refractivity contribution in [1.82, 2.24) is 4.98 Å². The first-order valence-corrected chi connectivity index (χ1v) is 9.14. The Hall–Kier alpha value is -1.42. The quantitative estimate of drug-likeness (QED) is 0.908. The predicted octanol–water partition coefficient (Wildman–Crippen LogP) is 1.58. The Labute approximate surface area is 132 Å². The Bertz CT molecular complexity index is 781. The van der Waals surface area contributed by atoms with Crippen molar-refractivity contribution >= 4 is 26.5 Å². The third kappa shape index (κ3) is 3.02. The Kier molecular flexibility index (Phi) is 3.98. The molecule has 1 saturated heterocycles. The van der Waals surface area contributed by atoms with Crippen LogP contribution in [0.5, 0.6) is 0 Å². The molecule has 1 atom stereocenters. The van der Waals surface area contributed by atoms with Gasteiger partial charge in [0.05, 0.1) is 18.8 Å². The molecule has 1 aliphatic heterocycles. The summed E-state index contributed by atoms with van der Waals surface area (Å²) in [6.45, 7) is 5.26. The summed E-state index contributed by atoms with van der Waals surface area (Å²) in [5.74, 6) is 1.60. The second-order valence-electron chi connectivity index (χ2n) is 5.17. The monoisotopic (exact) mass is 343 g/mol. The van der Waals surface area contributed by atoms with Crippen LogP contribution in [0.15, 0.2) is 20.8 Å². The highest BCUT2D eigenvalue weighted by Crippen LogP contribution is 2.32. The number of hydrogen-bond donors (Lipinski definition) is 1. The van der Waals surface area contributed by atoms with Crippen LogP contribution in [0.25, 0.3) is 0 Å². The lowest BCUT2D eigenvalue weighted by atomic mass is 10.2. The fourth-order valence-electron chi connectivity index (χ4n) is 2.39. The fraction of sp³-hybridized carbons (Fsp3) is 0.462. The molecule has 22 heavy (non-hydrogen) atoms. The van der Waals surface area contributed by atoms with E-state index in [0.717, 1.165) is 22.9 Å². The second-order valence-corrected chi connectivity index (χ2v) is 7.90. The molecule has 2 aromatic heterocycles. The van der Waals surface area contributed by atoms with E-state index in [1.165, 1.54) is 0 Å². The van der Waals surface area contributed by atoms with Crippen molar-refractivity contribution in [3.8, 4) is 0 Å². The highest BCUT2D eigenvalue weighted by Gasteiger charge is 2.28. The number of sulfonamides is 1. The van der Waals surface area contributed by atoms with Crippen LogP contribution in [0.1, 0.15) is 23.3 Å². The minimum Gasteiger partial charge on any atom is -0.464 e. The number of nitrogens with zero attached hydrogens (tertiary/aromatic N) is 2.